The standard InChI is InChI=1S/C17H27ClN2/c1-13(2)8-9-20(16-6-4-5-7-16)17-11-15(12-18)10-14(3)19-17/h10-11,13,16H,4-9,12H2,1-3H3. The number of pyridine rings is 1. The first-order valence-electron chi connectivity index (χ1n) is 7.90. The highest BCUT2D eigenvalue weighted by Gasteiger charge is 2.24. The number of aromatic nitrogens is 1. The Morgan fingerprint density at radius 3 is 2.60 bits per heavy atom. The van der Waals surface area contributed by atoms with Crippen LogP contribution in [0.15, 0.2) is 12.1 Å². The average Bonchev–Trinajstić information content (AvgIpc) is 2.92. The monoisotopic (exact) mass is 294 g/mol. The molecule has 20 heavy (non-hydrogen) atoms. The van der Waals surface area contributed by atoms with E-state index in [0.717, 1.165) is 24.0 Å². The van der Waals surface area contributed by atoms with E-state index in [0.29, 0.717) is 11.9 Å². The summed E-state index contributed by atoms with van der Waals surface area (Å²) in [6, 6.07) is 4.94. The van der Waals surface area contributed by atoms with Gasteiger partial charge in [-0.25, -0.2) is 4.98 Å². The second-order valence-corrected chi connectivity index (χ2v) is 6.69. The highest BCUT2D eigenvalue weighted by molar-refractivity contribution is 6.17. The van der Waals surface area contributed by atoms with E-state index in [1.165, 1.54) is 37.7 Å². The molecule has 0 aromatic carbocycles. The van der Waals surface area contributed by atoms with Crippen LogP contribution in [0.1, 0.15) is 57.2 Å². The summed E-state index contributed by atoms with van der Waals surface area (Å²) >= 11 is 6.02. The Bertz CT molecular complexity index is 425. The normalized spacial score (nSPS) is 16.1. The zero-order valence-electron chi connectivity index (χ0n) is 13.0. The third-order valence-electron chi connectivity index (χ3n) is 4.16. The Balaban J connectivity index is 2.22. The number of halogens is 1. The fourth-order valence-electron chi connectivity index (χ4n) is 3.04. The van der Waals surface area contributed by atoms with Gasteiger partial charge in [0.2, 0.25) is 0 Å². The quantitative estimate of drug-likeness (QED) is 0.692. The van der Waals surface area contributed by atoms with E-state index in [1.807, 2.05) is 0 Å². The van der Waals surface area contributed by atoms with Crippen LogP contribution in [0.25, 0.3) is 0 Å². The minimum Gasteiger partial charge on any atom is -0.354 e. The first kappa shape index (κ1) is 15.6. The topological polar surface area (TPSA) is 16.1 Å². The van der Waals surface area contributed by atoms with Gasteiger partial charge in [0.05, 0.1) is 0 Å². The first-order chi connectivity index (χ1) is 9.60. The lowest BCUT2D eigenvalue weighted by Gasteiger charge is -2.31. The van der Waals surface area contributed by atoms with Crippen molar-refractivity contribution >= 4 is 17.4 Å². The Labute approximate surface area is 128 Å². The molecule has 0 atom stereocenters. The first-order valence-corrected chi connectivity index (χ1v) is 8.43. The second-order valence-electron chi connectivity index (χ2n) is 6.42. The number of rotatable bonds is 6. The van der Waals surface area contributed by atoms with Crippen molar-refractivity contribution < 1.29 is 0 Å². The van der Waals surface area contributed by atoms with E-state index in [2.05, 4.69) is 37.8 Å². The van der Waals surface area contributed by atoms with Gasteiger partial charge in [-0.2, -0.15) is 0 Å². The van der Waals surface area contributed by atoms with Gasteiger partial charge in [0, 0.05) is 24.2 Å². The van der Waals surface area contributed by atoms with Gasteiger partial charge < -0.3 is 4.90 Å². The van der Waals surface area contributed by atoms with Crippen LogP contribution in [0, 0.1) is 12.8 Å². The van der Waals surface area contributed by atoms with Crippen LogP contribution in [0.2, 0.25) is 0 Å². The minimum absolute atomic E-state index is 0.568. The lowest BCUT2D eigenvalue weighted by molar-refractivity contribution is 0.524. The van der Waals surface area contributed by atoms with E-state index in [4.69, 9.17) is 16.6 Å². The van der Waals surface area contributed by atoms with Crippen molar-refractivity contribution in [3.63, 3.8) is 0 Å². The summed E-state index contributed by atoms with van der Waals surface area (Å²) in [6.07, 6.45) is 6.56. The molecule has 2 nitrogen and oxygen atoms in total. The number of alkyl halides is 1. The fourth-order valence-corrected chi connectivity index (χ4v) is 3.20. The van der Waals surface area contributed by atoms with E-state index < -0.39 is 0 Å². The molecule has 2 rings (SSSR count). The molecule has 3 heteroatoms. The van der Waals surface area contributed by atoms with Crippen LogP contribution >= 0.6 is 11.6 Å². The molecule has 1 saturated carbocycles. The third kappa shape index (κ3) is 4.12. The molecule has 0 saturated heterocycles. The molecular formula is C17H27ClN2. The maximum Gasteiger partial charge on any atom is 0.129 e. The summed E-state index contributed by atoms with van der Waals surface area (Å²) in [6.45, 7) is 7.76. The molecule has 0 aliphatic heterocycles. The van der Waals surface area contributed by atoms with Crippen molar-refractivity contribution in [1.29, 1.82) is 0 Å². The van der Waals surface area contributed by atoms with Gasteiger partial charge in [0.1, 0.15) is 5.82 Å². The van der Waals surface area contributed by atoms with Crippen LogP contribution in [0.4, 0.5) is 5.82 Å². The van der Waals surface area contributed by atoms with Crippen LogP contribution in [-0.4, -0.2) is 17.6 Å². The van der Waals surface area contributed by atoms with Crippen molar-refractivity contribution in [2.75, 3.05) is 11.4 Å². The van der Waals surface area contributed by atoms with Crippen molar-refractivity contribution in [3.8, 4) is 0 Å². The van der Waals surface area contributed by atoms with Crippen molar-refractivity contribution in [2.24, 2.45) is 5.92 Å². The summed E-state index contributed by atoms with van der Waals surface area (Å²) in [5.74, 6) is 2.43. The van der Waals surface area contributed by atoms with E-state index in [-0.39, 0.29) is 0 Å². The zero-order valence-corrected chi connectivity index (χ0v) is 13.8. The molecule has 1 aliphatic carbocycles. The summed E-state index contributed by atoms with van der Waals surface area (Å²) in [5, 5.41) is 0. The third-order valence-corrected chi connectivity index (χ3v) is 4.47. The Morgan fingerprint density at radius 2 is 2.00 bits per heavy atom. The summed E-state index contributed by atoms with van der Waals surface area (Å²) in [7, 11) is 0. The molecule has 1 aromatic rings. The SMILES string of the molecule is Cc1cc(CCl)cc(N(CCC(C)C)C2CCCC2)n1. The molecule has 1 aliphatic rings. The van der Waals surface area contributed by atoms with Gasteiger partial charge in [-0.05, 0) is 49.8 Å². The van der Waals surface area contributed by atoms with Crippen molar-refractivity contribution in [1.82, 2.24) is 4.98 Å². The highest BCUT2D eigenvalue weighted by Crippen LogP contribution is 2.29. The molecule has 1 heterocycles. The van der Waals surface area contributed by atoms with E-state index in [9.17, 15) is 0 Å². The Kier molecular flexibility index (Phi) is 5.71. The molecular weight excluding hydrogens is 268 g/mol. The van der Waals surface area contributed by atoms with Crippen LogP contribution in [0.5, 0.6) is 0 Å². The van der Waals surface area contributed by atoms with Gasteiger partial charge in [-0.1, -0.05) is 26.7 Å². The van der Waals surface area contributed by atoms with E-state index >= 15 is 0 Å². The lowest BCUT2D eigenvalue weighted by atomic mass is 10.1. The number of nitrogens with zero attached hydrogens (tertiary/aromatic N) is 2. The predicted molar refractivity (Wildman–Crippen MR) is 87.6 cm³/mol. The molecule has 1 aromatic heterocycles. The molecule has 112 valence electrons. The Hall–Kier alpha value is -0.760. The summed E-state index contributed by atoms with van der Waals surface area (Å²) in [4.78, 5) is 7.31. The van der Waals surface area contributed by atoms with Crippen LogP contribution < -0.4 is 4.90 Å². The molecule has 1 fully saturated rings. The van der Waals surface area contributed by atoms with E-state index in [1.54, 1.807) is 0 Å². The minimum atomic E-state index is 0.568. The number of hydrogen-bond donors (Lipinski definition) is 0. The predicted octanol–water partition coefficient (Wildman–Crippen LogP) is 4.92. The molecule has 0 unspecified atom stereocenters. The van der Waals surface area contributed by atoms with Gasteiger partial charge in [-0.15, -0.1) is 11.6 Å². The fraction of sp³-hybridized carbons (Fsp3) is 0.706. The van der Waals surface area contributed by atoms with Crippen molar-refractivity contribution in [3.05, 3.63) is 23.4 Å². The lowest BCUT2D eigenvalue weighted by Crippen LogP contribution is -2.35. The zero-order chi connectivity index (χ0) is 14.5. The van der Waals surface area contributed by atoms with Gasteiger partial charge in [-0.3, -0.25) is 0 Å². The molecule has 0 radical (unpaired) electrons. The van der Waals surface area contributed by atoms with Gasteiger partial charge >= 0.3 is 0 Å². The summed E-state index contributed by atoms with van der Waals surface area (Å²) in [5.41, 5.74) is 2.26. The maximum atomic E-state index is 6.02. The highest BCUT2D eigenvalue weighted by atomic mass is 35.5. The Morgan fingerprint density at radius 1 is 1.30 bits per heavy atom. The molecule has 0 bridgehead atoms. The van der Waals surface area contributed by atoms with Crippen LogP contribution in [-0.2, 0) is 5.88 Å². The second kappa shape index (κ2) is 7.31. The largest absolute Gasteiger partial charge is 0.354 e. The molecule has 0 spiro atoms. The average molecular weight is 295 g/mol. The van der Waals surface area contributed by atoms with Gasteiger partial charge in [0.15, 0.2) is 0 Å². The smallest absolute Gasteiger partial charge is 0.129 e. The maximum absolute atomic E-state index is 6.02. The summed E-state index contributed by atoms with van der Waals surface area (Å²) < 4.78 is 0. The molecule has 0 amide bonds. The number of hydrogen-bond acceptors (Lipinski definition) is 2. The van der Waals surface area contributed by atoms with Crippen molar-refractivity contribution in [2.45, 2.75) is 64.8 Å². The number of aryl methyl sites for hydroxylation is 1. The van der Waals surface area contributed by atoms with Crippen LogP contribution in [0.3, 0.4) is 0 Å². The molecule has 0 N–H and O–H groups in total. The van der Waals surface area contributed by atoms with Gasteiger partial charge in [0.25, 0.3) is 0 Å². The number of anilines is 1.